The maximum Gasteiger partial charge on any atom is 0.0925 e. The molecule has 1 saturated heterocycles. The van der Waals surface area contributed by atoms with Crippen molar-refractivity contribution in [3.8, 4) is 0 Å². The van der Waals surface area contributed by atoms with Crippen LogP contribution < -0.4 is 0 Å². The van der Waals surface area contributed by atoms with E-state index in [1.165, 1.54) is 5.56 Å². The Kier molecular flexibility index (Phi) is 1.85. The lowest BCUT2D eigenvalue weighted by molar-refractivity contribution is -0.140. The molecule has 2 heteroatoms. The predicted molar refractivity (Wildman–Crippen MR) is 49.4 cm³/mol. The van der Waals surface area contributed by atoms with Crippen molar-refractivity contribution >= 4 is 11.6 Å². The average Bonchev–Trinajstić information content (AvgIpc) is 2.00. The SMILES string of the molecule is CC1(c2cccc(Cl)c2)CCO1. The molecule has 0 saturated carbocycles. The van der Waals surface area contributed by atoms with Gasteiger partial charge in [-0.3, -0.25) is 0 Å². The van der Waals surface area contributed by atoms with Gasteiger partial charge in [0.1, 0.15) is 0 Å². The summed E-state index contributed by atoms with van der Waals surface area (Å²) in [5.41, 5.74) is 1.10. The first kappa shape index (κ1) is 8.09. The molecule has 0 aliphatic carbocycles. The lowest BCUT2D eigenvalue weighted by atomic mass is 9.89. The van der Waals surface area contributed by atoms with E-state index in [2.05, 4.69) is 13.0 Å². The molecule has 0 aromatic heterocycles. The molecule has 1 aromatic carbocycles. The first-order chi connectivity index (χ1) is 5.71. The predicted octanol–water partition coefficient (Wildman–Crippen LogP) is 2.98. The Balaban J connectivity index is 2.33. The van der Waals surface area contributed by atoms with Crippen LogP contribution in [-0.4, -0.2) is 6.61 Å². The first-order valence-corrected chi connectivity index (χ1v) is 4.48. The number of ether oxygens (including phenoxy) is 1. The topological polar surface area (TPSA) is 9.23 Å². The number of halogens is 1. The van der Waals surface area contributed by atoms with Crippen molar-refractivity contribution in [2.75, 3.05) is 6.61 Å². The smallest absolute Gasteiger partial charge is 0.0925 e. The quantitative estimate of drug-likeness (QED) is 0.649. The highest BCUT2D eigenvalue weighted by Crippen LogP contribution is 2.37. The summed E-state index contributed by atoms with van der Waals surface area (Å²) >= 11 is 5.88. The van der Waals surface area contributed by atoms with Gasteiger partial charge < -0.3 is 4.74 Å². The number of benzene rings is 1. The zero-order chi connectivity index (χ0) is 8.60. The highest BCUT2D eigenvalue weighted by Gasteiger charge is 2.34. The van der Waals surface area contributed by atoms with Gasteiger partial charge >= 0.3 is 0 Å². The van der Waals surface area contributed by atoms with Gasteiger partial charge in [-0.1, -0.05) is 23.7 Å². The lowest BCUT2D eigenvalue weighted by Crippen LogP contribution is -2.37. The second-order valence-electron chi connectivity index (χ2n) is 3.34. The molecule has 0 bridgehead atoms. The fraction of sp³-hybridized carbons (Fsp3) is 0.400. The zero-order valence-corrected chi connectivity index (χ0v) is 7.77. The van der Waals surface area contributed by atoms with Crippen LogP contribution in [0.15, 0.2) is 24.3 Å². The summed E-state index contributed by atoms with van der Waals surface area (Å²) in [6.07, 6.45) is 1.09. The normalized spacial score (nSPS) is 28.2. The Bertz CT molecular complexity index is 292. The van der Waals surface area contributed by atoms with E-state index in [1.807, 2.05) is 18.2 Å². The minimum atomic E-state index is -0.0785. The fourth-order valence-electron chi connectivity index (χ4n) is 1.45. The number of rotatable bonds is 1. The molecule has 1 aliphatic heterocycles. The molecule has 0 spiro atoms. The summed E-state index contributed by atoms with van der Waals surface area (Å²) in [4.78, 5) is 0. The van der Waals surface area contributed by atoms with Gasteiger partial charge in [-0.25, -0.2) is 0 Å². The summed E-state index contributed by atoms with van der Waals surface area (Å²) in [6, 6.07) is 7.88. The third-order valence-corrected chi connectivity index (χ3v) is 2.67. The van der Waals surface area contributed by atoms with Crippen LogP contribution in [0.5, 0.6) is 0 Å². The first-order valence-electron chi connectivity index (χ1n) is 4.11. The van der Waals surface area contributed by atoms with Crippen LogP contribution in [0.1, 0.15) is 18.9 Å². The summed E-state index contributed by atoms with van der Waals surface area (Å²) in [5.74, 6) is 0. The van der Waals surface area contributed by atoms with Crippen LogP contribution in [-0.2, 0) is 10.3 Å². The molecular weight excluding hydrogens is 172 g/mol. The largest absolute Gasteiger partial charge is 0.370 e. The maximum absolute atomic E-state index is 5.88. The van der Waals surface area contributed by atoms with Gasteiger partial charge in [0.25, 0.3) is 0 Å². The average molecular weight is 183 g/mol. The zero-order valence-electron chi connectivity index (χ0n) is 7.01. The Morgan fingerprint density at radius 2 is 2.25 bits per heavy atom. The van der Waals surface area contributed by atoms with Crippen molar-refractivity contribution < 1.29 is 4.74 Å². The molecule has 1 heterocycles. The highest BCUT2D eigenvalue weighted by molar-refractivity contribution is 6.30. The van der Waals surface area contributed by atoms with E-state index in [0.29, 0.717) is 0 Å². The maximum atomic E-state index is 5.88. The van der Waals surface area contributed by atoms with Gasteiger partial charge in [0.2, 0.25) is 0 Å². The van der Waals surface area contributed by atoms with E-state index in [4.69, 9.17) is 16.3 Å². The van der Waals surface area contributed by atoms with Crippen molar-refractivity contribution in [2.45, 2.75) is 18.9 Å². The molecule has 1 unspecified atom stereocenters. The van der Waals surface area contributed by atoms with E-state index < -0.39 is 0 Å². The highest BCUT2D eigenvalue weighted by atomic mass is 35.5. The van der Waals surface area contributed by atoms with E-state index in [0.717, 1.165) is 18.1 Å². The fourth-order valence-corrected chi connectivity index (χ4v) is 1.64. The lowest BCUT2D eigenvalue weighted by Gasteiger charge is -2.39. The Morgan fingerprint density at radius 3 is 2.75 bits per heavy atom. The molecule has 12 heavy (non-hydrogen) atoms. The Morgan fingerprint density at radius 1 is 1.50 bits per heavy atom. The molecule has 0 radical (unpaired) electrons. The van der Waals surface area contributed by atoms with Crippen molar-refractivity contribution in [3.63, 3.8) is 0 Å². The summed E-state index contributed by atoms with van der Waals surface area (Å²) in [5, 5.41) is 0.782. The van der Waals surface area contributed by atoms with Gasteiger partial charge in [-0.15, -0.1) is 0 Å². The van der Waals surface area contributed by atoms with Crippen LogP contribution in [0.4, 0.5) is 0 Å². The molecule has 64 valence electrons. The molecule has 1 aliphatic rings. The minimum Gasteiger partial charge on any atom is -0.370 e. The second-order valence-corrected chi connectivity index (χ2v) is 3.78. The molecule has 1 atom stereocenters. The van der Waals surface area contributed by atoms with Crippen molar-refractivity contribution in [1.82, 2.24) is 0 Å². The molecule has 0 N–H and O–H groups in total. The van der Waals surface area contributed by atoms with Crippen LogP contribution in [0.2, 0.25) is 5.02 Å². The van der Waals surface area contributed by atoms with E-state index in [-0.39, 0.29) is 5.60 Å². The molecule has 1 nitrogen and oxygen atoms in total. The van der Waals surface area contributed by atoms with Gasteiger partial charge in [0, 0.05) is 11.4 Å². The summed E-state index contributed by atoms with van der Waals surface area (Å²) in [6.45, 7) is 2.96. The van der Waals surface area contributed by atoms with Crippen molar-refractivity contribution in [2.24, 2.45) is 0 Å². The van der Waals surface area contributed by atoms with Gasteiger partial charge in [-0.05, 0) is 24.6 Å². The minimum absolute atomic E-state index is 0.0785. The monoisotopic (exact) mass is 182 g/mol. The second kappa shape index (κ2) is 2.75. The molecule has 1 fully saturated rings. The van der Waals surface area contributed by atoms with E-state index in [1.54, 1.807) is 0 Å². The Labute approximate surface area is 77.3 Å². The molecule has 1 aromatic rings. The number of hydrogen-bond donors (Lipinski definition) is 0. The third kappa shape index (κ3) is 1.23. The van der Waals surface area contributed by atoms with Gasteiger partial charge in [-0.2, -0.15) is 0 Å². The van der Waals surface area contributed by atoms with Crippen LogP contribution in [0.25, 0.3) is 0 Å². The Hall–Kier alpha value is -0.530. The number of hydrogen-bond acceptors (Lipinski definition) is 1. The van der Waals surface area contributed by atoms with Crippen LogP contribution in [0.3, 0.4) is 0 Å². The summed E-state index contributed by atoms with van der Waals surface area (Å²) < 4.78 is 5.50. The van der Waals surface area contributed by atoms with Gasteiger partial charge in [0.15, 0.2) is 0 Å². The third-order valence-electron chi connectivity index (χ3n) is 2.44. The van der Waals surface area contributed by atoms with Crippen molar-refractivity contribution in [3.05, 3.63) is 34.9 Å². The van der Waals surface area contributed by atoms with Crippen molar-refractivity contribution in [1.29, 1.82) is 0 Å². The van der Waals surface area contributed by atoms with E-state index >= 15 is 0 Å². The molecule has 2 rings (SSSR count). The van der Waals surface area contributed by atoms with E-state index in [9.17, 15) is 0 Å². The standard InChI is InChI=1S/C10H11ClO/c1-10(5-6-12-10)8-3-2-4-9(11)7-8/h2-4,7H,5-6H2,1H3. The molecule has 0 amide bonds. The van der Waals surface area contributed by atoms with Crippen LogP contribution in [0, 0.1) is 0 Å². The molecular formula is C10H11ClO. The van der Waals surface area contributed by atoms with Crippen LogP contribution >= 0.6 is 11.6 Å². The summed E-state index contributed by atoms with van der Waals surface area (Å²) in [7, 11) is 0. The van der Waals surface area contributed by atoms with Gasteiger partial charge in [0.05, 0.1) is 12.2 Å².